The number of aliphatic hydroxyl groups is 1. The maximum atomic E-state index is 12.4. The Labute approximate surface area is 165 Å². The third kappa shape index (κ3) is 2.81. The Morgan fingerprint density at radius 3 is 2.56 bits per heavy atom. The first-order valence-electron chi connectivity index (χ1n) is 8.86. The van der Waals surface area contributed by atoms with Crippen molar-refractivity contribution in [3.05, 3.63) is 63.8 Å². The number of halogens is 2. The molecular weight excluding hydrogens is 385 g/mol. The van der Waals surface area contributed by atoms with E-state index >= 15 is 0 Å². The van der Waals surface area contributed by atoms with Crippen LogP contribution in [0.1, 0.15) is 28.8 Å². The highest BCUT2D eigenvalue weighted by Crippen LogP contribution is 2.60. The summed E-state index contributed by atoms with van der Waals surface area (Å²) in [6, 6.07) is 10.6. The van der Waals surface area contributed by atoms with E-state index < -0.39 is 5.60 Å². The zero-order valence-electron chi connectivity index (χ0n) is 14.2. The van der Waals surface area contributed by atoms with Crippen LogP contribution >= 0.6 is 23.2 Å². The summed E-state index contributed by atoms with van der Waals surface area (Å²) in [5.74, 6) is 0.439. The Bertz CT molecular complexity index is 1040. The minimum atomic E-state index is -0.941. The van der Waals surface area contributed by atoms with Crippen LogP contribution in [0, 0.1) is 11.8 Å². The van der Waals surface area contributed by atoms with Crippen molar-refractivity contribution in [1.82, 2.24) is 15.5 Å². The molecule has 0 bridgehead atoms. The number of nitrogens with zero attached hydrogens (tertiary/aromatic N) is 1. The summed E-state index contributed by atoms with van der Waals surface area (Å²) in [6.07, 6.45) is 2.93. The van der Waals surface area contributed by atoms with E-state index in [4.69, 9.17) is 23.2 Å². The number of rotatable bonds is 3. The Morgan fingerprint density at radius 2 is 1.85 bits per heavy atom. The van der Waals surface area contributed by atoms with Crippen LogP contribution in [0.25, 0.3) is 10.9 Å². The number of nitrogens with one attached hydrogen (secondary N) is 2. The lowest BCUT2D eigenvalue weighted by Crippen LogP contribution is -2.33. The molecule has 1 aromatic heterocycles. The number of aromatic amines is 1. The van der Waals surface area contributed by atoms with Crippen LogP contribution in [0.2, 0.25) is 10.0 Å². The van der Waals surface area contributed by atoms with Crippen LogP contribution in [0.3, 0.4) is 0 Å². The summed E-state index contributed by atoms with van der Waals surface area (Å²) in [5.41, 5.74) is 1.28. The Kier molecular flexibility index (Phi) is 3.76. The first-order valence-corrected chi connectivity index (χ1v) is 9.62. The van der Waals surface area contributed by atoms with Gasteiger partial charge in [-0.1, -0.05) is 23.2 Å². The lowest BCUT2D eigenvalue weighted by Gasteiger charge is -2.27. The van der Waals surface area contributed by atoms with Crippen LogP contribution in [-0.2, 0) is 5.60 Å². The van der Waals surface area contributed by atoms with Crippen LogP contribution < -0.4 is 5.32 Å². The van der Waals surface area contributed by atoms with Crippen LogP contribution in [0.5, 0.6) is 0 Å². The van der Waals surface area contributed by atoms with Gasteiger partial charge in [-0.25, -0.2) is 0 Å². The monoisotopic (exact) mass is 401 g/mol. The minimum absolute atomic E-state index is 0.102. The summed E-state index contributed by atoms with van der Waals surface area (Å²) in [4.78, 5) is 12.4. The van der Waals surface area contributed by atoms with Crippen molar-refractivity contribution in [2.75, 3.05) is 0 Å². The maximum Gasteiger partial charge on any atom is 0.251 e. The van der Waals surface area contributed by atoms with E-state index in [1.165, 1.54) is 0 Å². The van der Waals surface area contributed by atoms with Gasteiger partial charge in [0.15, 0.2) is 0 Å². The number of hydrogen-bond donors (Lipinski definition) is 3. The number of carbonyl (C=O) groups excluding carboxylic acids is 1. The number of aromatic nitrogens is 2. The molecule has 3 N–H and O–H groups in total. The molecule has 1 amide bonds. The lowest BCUT2D eigenvalue weighted by atomic mass is 9.86. The Morgan fingerprint density at radius 1 is 1.15 bits per heavy atom. The topological polar surface area (TPSA) is 78.0 Å². The summed E-state index contributed by atoms with van der Waals surface area (Å²) >= 11 is 12.1. The van der Waals surface area contributed by atoms with Crippen molar-refractivity contribution in [3.8, 4) is 0 Å². The largest absolute Gasteiger partial charge is 0.385 e. The van der Waals surface area contributed by atoms with Gasteiger partial charge in [0.05, 0.1) is 17.3 Å². The highest BCUT2D eigenvalue weighted by atomic mass is 35.5. The van der Waals surface area contributed by atoms with Crippen LogP contribution in [-0.4, -0.2) is 27.3 Å². The van der Waals surface area contributed by atoms with Gasteiger partial charge >= 0.3 is 0 Å². The van der Waals surface area contributed by atoms with E-state index in [-0.39, 0.29) is 23.8 Å². The van der Waals surface area contributed by atoms with Gasteiger partial charge in [0, 0.05) is 27.0 Å². The minimum Gasteiger partial charge on any atom is -0.385 e. The molecule has 5 nitrogen and oxygen atoms in total. The van der Waals surface area contributed by atoms with Crippen molar-refractivity contribution in [1.29, 1.82) is 0 Å². The first kappa shape index (κ1) is 17.0. The highest BCUT2D eigenvalue weighted by molar-refractivity contribution is 6.31. The average Bonchev–Trinajstić information content (AvgIpc) is 3.02. The van der Waals surface area contributed by atoms with E-state index in [1.54, 1.807) is 30.5 Å². The van der Waals surface area contributed by atoms with Gasteiger partial charge in [-0.05, 0) is 66.6 Å². The lowest BCUT2D eigenvalue weighted by molar-refractivity contribution is 0.0293. The number of fused-ring (bicyclic) bond motifs is 2. The number of carbonyl (C=O) groups is 1. The van der Waals surface area contributed by atoms with Crippen molar-refractivity contribution >= 4 is 40.0 Å². The molecule has 2 aliphatic rings. The fourth-order valence-corrected chi connectivity index (χ4v) is 4.88. The zero-order chi connectivity index (χ0) is 18.8. The van der Waals surface area contributed by atoms with Gasteiger partial charge in [0.2, 0.25) is 0 Å². The molecule has 2 aromatic carbocycles. The molecule has 0 spiro atoms. The van der Waals surface area contributed by atoms with Gasteiger partial charge in [0.1, 0.15) is 0 Å². The van der Waals surface area contributed by atoms with Gasteiger partial charge < -0.3 is 10.4 Å². The molecule has 1 heterocycles. The molecule has 2 saturated carbocycles. The Hall–Kier alpha value is -2.08. The quantitative estimate of drug-likeness (QED) is 0.622. The predicted octanol–water partition coefficient (Wildman–Crippen LogP) is 3.90. The van der Waals surface area contributed by atoms with E-state index in [0.29, 0.717) is 28.5 Å². The van der Waals surface area contributed by atoms with Gasteiger partial charge in [-0.2, -0.15) is 5.10 Å². The zero-order valence-corrected chi connectivity index (χ0v) is 15.8. The molecule has 0 radical (unpaired) electrons. The molecule has 5 rings (SSSR count). The molecule has 138 valence electrons. The summed E-state index contributed by atoms with van der Waals surface area (Å²) in [6.45, 7) is 0. The second kappa shape index (κ2) is 5.96. The molecule has 0 aliphatic heterocycles. The first-order chi connectivity index (χ1) is 12.9. The molecule has 0 saturated heterocycles. The molecule has 2 fully saturated rings. The predicted molar refractivity (Wildman–Crippen MR) is 104 cm³/mol. The van der Waals surface area contributed by atoms with Crippen LogP contribution in [0.4, 0.5) is 0 Å². The molecule has 3 aromatic rings. The fourth-order valence-electron chi connectivity index (χ4n) is 4.54. The maximum absolute atomic E-state index is 12.4. The summed E-state index contributed by atoms with van der Waals surface area (Å²) in [5, 5.41) is 23.4. The second-order valence-corrected chi connectivity index (χ2v) is 8.43. The molecule has 0 unspecified atom stereocenters. The number of benzene rings is 2. The third-order valence-corrected chi connectivity index (χ3v) is 6.38. The third-order valence-electron chi connectivity index (χ3n) is 5.91. The average molecular weight is 402 g/mol. The molecule has 7 heteroatoms. The molecule has 27 heavy (non-hydrogen) atoms. The SMILES string of the molecule is O=C(N[C@@H]1[C@@H]2C[C@@](O)(c3cc(Cl)cc4[nH]ncc34)C[C@@H]21)c1ccc(Cl)cc1. The van der Waals surface area contributed by atoms with Gasteiger partial charge in [0.25, 0.3) is 5.91 Å². The van der Waals surface area contributed by atoms with Crippen molar-refractivity contribution < 1.29 is 9.90 Å². The summed E-state index contributed by atoms with van der Waals surface area (Å²) in [7, 11) is 0. The standard InChI is InChI=1S/C20H17Cl2N3O2/c21-11-3-1-10(2-4-11)19(26)24-18-13-7-20(27,8-14(13)18)16-5-12(22)6-17-15(16)9-23-25-17/h1-6,9,13-14,18,27H,7-8H2,(H,23,25)(H,24,26)/t13-,14+,18-,20+. The van der Waals surface area contributed by atoms with Crippen molar-refractivity contribution in [3.63, 3.8) is 0 Å². The summed E-state index contributed by atoms with van der Waals surface area (Å²) < 4.78 is 0. The normalized spacial score (nSPS) is 28.9. The van der Waals surface area contributed by atoms with E-state index in [2.05, 4.69) is 15.5 Å². The highest BCUT2D eigenvalue weighted by Gasteiger charge is 2.62. The van der Waals surface area contributed by atoms with Gasteiger partial charge in [-0.15, -0.1) is 0 Å². The number of amides is 1. The molecule has 4 atom stereocenters. The fraction of sp³-hybridized carbons (Fsp3) is 0.300. The van der Waals surface area contributed by atoms with E-state index in [0.717, 1.165) is 16.5 Å². The van der Waals surface area contributed by atoms with Crippen molar-refractivity contribution in [2.24, 2.45) is 11.8 Å². The number of H-pyrrole nitrogens is 1. The smallest absolute Gasteiger partial charge is 0.251 e. The number of hydrogen-bond acceptors (Lipinski definition) is 3. The van der Waals surface area contributed by atoms with Gasteiger partial charge in [-0.3, -0.25) is 9.89 Å². The van der Waals surface area contributed by atoms with Crippen LogP contribution in [0.15, 0.2) is 42.6 Å². The van der Waals surface area contributed by atoms with E-state index in [9.17, 15) is 9.90 Å². The Balaban J connectivity index is 1.32. The molecule has 2 aliphatic carbocycles. The van der Waals surface area contributed by atoms with Crippen molar-refractivity contribution in [2.45, 2.75) is 24.5 Å². The van der Waals surface area contributed by atoms with E-state index in [1.807, 2.05) is 12.1 Å². The molecular formula is C20H17Cl2N3O2. The second-order valence-electron chi connectivity index (χ2n) is 7.56.